The number of carbonyl (C=O) groups is 1. The summed E-state index contributed by atoms with van der Waals surface area (Å²) in [5, 5.41) is 7.22. The van der Waals surface area contributed by atoms with E-state index < -0.39 is 29.1 Å². The van der Waals surface area contributed by atoms with Gasteiger partial charge in [0.2, 0.25) is 21.8 Å². The first-order chi connectivity index (χ1) is 14.4. The summed E-state index contributed by atoms with van der Waals surface area (Å²) in [7, 11) is 0. The van der Waals surface area contributed by atoms with E-state index in [0.29, 0.717) is 18.1 Å². The number of aromatic nitrogens is 3. The van der Waals surface area contributed by atoms with Crippen LogP contribution in [-0.4, -0.2) is 33.1 Å². The van der Waals surface area contributed by atoms with Crippen molar-refractivity contribution >= 4 is 27.3 Å². The minimum Gasteiger partial charge on any atom is -0.350 e. The number of amides is 1. The molecule has 1 aliphatic heterocycles. The van der Waals surface area contributed by atoms with Crippen LogP contribution in [0.5, 0.6) is 0 Å². The molecule has 0 spiro atoms. The van der Waals surface area contributed by atoms with Gasteiger partial charge in [-0.3, -0.25) is 9.59 Å². The normalized spacial score (nSPS) is 16.4. The molecule has 30 heavy (non-hydrogen) atoms. The van der Waals surface area contributed by atoms with E-state index in [-0.39, 0.29) is 35.1 Å². The maximum atomic E-state index is 14.1. The number of hydrogen-bond acceptors (Lipinski definition) is 6. The molecule has 1 aromatic carbocycles. The molecule has 0 aliphatic carbocycles. The number of nitrogens with one attached hydrogen (secondary N) is 1. The Morgan fingerprint density at radius 3 is 2.87 bits per heavy atom. The van der Waals surface area contributed by atoms with Gasteiger partial charge >= 0.3 is 5.56 Å². The van der Waals surface area contributed by atoms with Gasteiger partial charge in [-0.15, -0.1) is 5.10 Å². The third kappa shape index (κ3) is 3.64. The third-order valence-corrected chi connectivity index (χ3v) is 5.96. The van der Waals surface area contributed by atoms with Gasteiger partial charge in [0.15, 0.2) is 0 Å². The molecule has 1 fully saturated rings. The van der Waals surface area contributed by atoms with Gasteiger partial charge in [0.05, 0.1) is 5.69 Å². The summed E-state index contributed by atoms with van der Waals surface area (Å²) in [5.74, 6) is -2.68. The number of fused-ring (bicyclic) bond motifs is 1. The average molecular weight is 437 g/mol. The van der Waals surface area contributed by atoms with E-state index in [1.54, 1.807) is 11.8 Å². The fourth-order valence-corrected chi connectivity index (χ4v) is 4.43. The van der Waals surface area contributed by atoms with E-state index in [9.17, 15) is 22.8 Å². The van der Waals surface area contributed by atoms with Crippen LogP contribution in [0.3, 0.4) is 0 Å². The van der Waals surface area contributed by atoms with E-state index in [1.807, 2.05) is 0 Å². The van der Waals surface area contributed by atoms with E-state index in [1.165, 1.54) is 6.07 Å². The largest absolute Gasteiger partial charge is 0.350 e. The summed E-state index contributed by atoms with van der Waals surface area (Å²) < 4.78 is 41.8. The molecule has 7 nitrogen and oxygen atoms in total. The first-order valence-corrected chi connectivity index (χ1v) is 10.3. The molecule has 0 radical (unpaired) electrons. The Morgan fingerprint density at radius 2 is 2.13 bits per heavy atom. The molecule has 4 rings (SSSR count). The molecule has 2 aromatic heterocycles. The minimum atomic E-state index is -0.927. The summed E-state index contributed by atoms with van der Waals surface area (Å²) in [5.41, 5.74) is -0.619. The Bertz CT molecular complexity index is 1180. The van der Waals surface area contributed by atoms with Crippen LogP contribution in [0.2, 0.25) is 0 Å². The van der Waals surface area contributed by atoms with E-state index >= 15 is 0 Å². The second-order valence-corrected chi connectivity index (χ2v) is 7.85. The molecule has 11 heteroatoms. The number of carbonyl (C=O) groups excluding carboxylic acids is 1. The van der Waals surface area contributed by atoms with Crippen molar-refractivity contribution in [2.75, 3.05) is 11.4 Å². The number of nitrogens with zero attached hydrogens (tertiary/aromatic N) is 4. The molecule has 1 saturated heterocycles. The Kier molecular flexibility index (Phi) is 5.46. The standard InChI is InChI=1S/C19H18F3N5O2S/c1-2-13-15(22)17(29)27-18(24-13)30-19(25-27)26-7-3-4-14(26)16(28)23-9-10-5-6-11(20)8-12(10)21/h5-6,8,14H,2-4,7,9H2,1H3,(H,23,28)/t14-/m1/s1. The highest BCUT2D eigenvalue weighted by Gasteiger charge is 2.33. The first kappa shape index (κ1) is 20.3. The Labute approximate surface area is 173 Å². The van der Waals surface area contributed by atoms with Crippen LogP contribution >= 0.6 is 11.3 Å². The Balaban J connectivity index is 1.55. The van der Waals surface area contributed by atoms with Crippen molar-refractivity contribution in [1.29, 1.82) is 0 Å². The quantitative estimate of drug-likeness (QED) is 0.663. The van der Waals surface area contributed by atoms with Crippen molar-refractivity contribution < 1.29 is 18.0 Å². The molecular weight excluding hydrogens is 419 g/mol. The maximum absolute atomic E-state index is 14.1. The Morgan fingerprint density at radius 1 is 1.33 bits per heavy atom. The summed E-state index contributed by atoms with van der Waals surface area (Å²) >= 11 is 1.10. The lowest BCUT2D eigenvalue weighted by Gasteiger charge is -2.22. The number of halogens is 3. The summed E-state index contributed by atoms with van der Waals surface area (Å²) in [6.07, 6.45) is 1.54. The highest BCUT2D eigenvalue weighted by atomic mass is 32.1. The average Bonchev–Trinajstić information content (AvgIpc) is 3.36. The van der Waals surface area contributed by atoms with Crippen molar-refractivity contribution in [3.05, 3.63) is 57.3 Å². The van der Waals surface area contributed by atoms with Crippen LogP contribution < -0.4 is 15.8 Å². The molecule has 3 aromatic rings. The van der Waals surface area contributed by atoms with Gasteiger partial charge in [0, 0.05) is 24.7 Å². The third-order valence-electron chi connectivity index (χ3n) is 5.02. The highest BCUT2D eigenvalue weighted by Crippen LogP contribution is 2.29. The number of benzene rings is 1. The van der Waals surface area contributed by atoms with Crippen molar-refractivity contribution in [2.24, 2.45) is 0 Å². The molecule has 1 N–H and O–H groups in total. The topological polar surface area (TPSA) is 79.6 Å². The molecule has 0 bridgehead atoms. The van der Waals surface area contributed by atoms with Crippen LogP contribution in [0.15, 0.2) is 23.0 Å². The monoisotopic (exact) mass is 437 g/mol. The molecule has 1 atom stereocenters. The van der Waals surface area contributed by atoms with Gasteiger partial charge in [0.1, 0.15) is 17.7 Å². The second-order valence-electron chi connectivity index (χ2n) is 6.92. The van der Waals surface area contributed by atoms with E-state index in [2.05, 4.69) is 15.4 Å². The number of rotatable bonds is 5. The zero-order chi connectivity index (χ0) is 21.4. The summed E-state index contributed by atoms with van der Waals surface area (Å²) in [4.78, 5) is 31.0. The van der Waals surface area contributed by atoms with E-state index in [0.717, 1.165) is 34.4 Å². The van der Waals surface area contributed by atoms with Crippen molar-refractivity contribution in [3.8, 4) is 0 Å². The molecular formula is C19H18F3N5O2S. The second kappa shape index (κ2) is 8.05. The zero-order valence-electron chi connectivity index (χ0n) is 16.0. The molecule has 1 amide bonds. The fourth-order valence-electron chi connectivity index (χ4n) is 3.44. The Hall–Kier alpha value is -2.95. The predicted octanol–water partition coefficient (Wildman–Crippen LogP) is 2.42. The lowest BCUT2D eigenvalue weighted by atomic mass is 10.1. The summed E-state index contributed by atoms with van der Waals surface area (Å²) in [6.45, 7) is 2.15. The van der Waals surface area contributed by atoms with Crippen molar-refractivity contribution in [3.63, 3.8) is 0 Å². The van der Waals surface area contributed by atoms with Gasteiger partial charge < -0.3 is 10.2 Å². The SMILES string of the molecule is CCc1nc2sc(N3CCC[C@@H]3C(=O)NCc3ccc(F)cc3F)nn2c(=O)c1F. The fraction of sp³-hybridized carbons (Fsp3) is 0.368. The number of anilines is 1. The van der Waals surface area contributed by atoms with Crippen molar-refractivity contribution in [1.82, 2.24) is 19.9 Å². The maximum Gasteiger partial charge on any atom is 0.311 e. The van der Waals surface area contributed by atoms with Crippen molar-refractivity contribution in [2.45, 2.75) is 38.8 Å². The van der Waals surface area contributed by atoms with Crippen LogP contribution in [0, 0.1) is 17.5 Å². The van der Waals surface area contributed by atoms with Gasteiger partial charge in [-0.2, -0.15) is 8.91 Å². The molecule has 1 aliphatic rings. The highest BCUT2D eigenvalue weighted by molar-refractivity contribution is 7.20. The van der Waals surface area contributed by atoms with Crippen LogP contribution in [0.1, 0.15) is 31.0 Å². The van der Waals surface area contributed by atoms with Crippen LogP contribution in [-0.2, 0) is 17.8 Å². The predicted molar refractivity (Wildman–Crippen MR) is 105 cm³/mol. The summed E-state index contributed by atoms with van der Waals surface area (Å²) in [6, 6.07) is 2.60. The van der Waals surface area contributed by atoms with Gasteiger partial charge in [-0.05, 0) is 25.3 Å². The zero-order valence-corrected chi connectivity index (χ0v) is 16.8. The first-order valence-electron chi connectivity index (χ1n) is 9.45. The lowest BCUT2D eigenvalue weighted by molar-refractivity contribution is -0.122. The molecule has 3 heterocycles. The smallest absolute Gasteiger partial charge is 0.311 e. The van der Waals surface area contributed by atoms with Crippen LogP contribution in [0.25, 0.3) is 4.96 Å². The van der Waals surface area contributed by atoms with Gasteiger partial charge in [-0.25, -0.2) is 13.8 Å². The number of hydrogen-bond donors (Lipinski definition) is 1. The van der Waals surface area contributed by atoms with Gasteiger partial charge in [0.25, 0.3) is 0 Å². The van der Waals surface area contributed by atoms with Gasteiger partial charge in [-0.1, -0.05) is 24.3 Å². The minimum absolute atomic E-state index is 0.0761. The number of aryl methyl sites for hydroxylation is 1. The molecule has 0 saturated carbocycles. The lowest BCUT2D eigenvalue weighted by Crippen LogP contribution is -2.43. The van der Waals surface area contributed by atoms with Crippen LogP contribution in [0.4, 0.5) is 18.3 Å². The molecule has 158 valence electrons. The van der Waals surface area contributed by atoms with E-state index in [4.69, 9.17) is 0 Å². The molecule has 0 unspecified atom stereocenters.